The zero-order valence-electron chi connectivity index (χ0n) is 6.83. The van der Waals surface area contributed by atoms with Crippen LogP contribution in [-0.2, 0) is 9.53 Å². The summed E-state index contributed by atoms with van der Waals surface area (Å²) >= 11 is 0. The lowest BCUT2D eigenvalue weighted by Gasteiger charge is -2.24. The summed E-state index contributed by atoms with van der Waals surface area (Å²) in [5, 5.41) is 11.1. The number of carbonyl (C=O) groups is 1. The fourth-order valence-corrected chi connectivity index (χ4v) is 0.939. The number of hydroxylamine groups is 1. The molecule has 0 saturated heterocycles. The van der Waals surface area contributed by atoms with Crippen LogP contribution in [0.3, 0.4) is 0 Å². The Kier molecular flexibility index (Phi) is 1.85. The first-order valence-corrected chi connectivity index (χ1v) is 3.55. The van der Waals surface area contributed by atoms with E-state index in [-0.39, 0.29) is 17.9 Å². The van der Waals surface area contributed by atoms with Crippen LogP contribution in [0.2, 0.25) is 0 Å². The van der Waals surface area contributed by atoms with Crippen LogP contribution in [0, 0.1) is 5.21 Å². The van der Waals surface area contributed by atoms with Crippen molar-refractivity contribution in [3.8, 4) is 0 Å². The molecule has 0 spiro atoms. The molecule has 4 heteroatoms. The Bertz CT molecular complexity index is 222. The standard InChI is InChI=1S/C7H11NO3/c1-4-6(3)11-7(9)5(2)8(4)10/h4,6H,1-3H3/t4-,6+/m0/s1. The summed E-state index contributed by atoms with van der Waals surface area (Å²) in [7, 11) is 0. The molecule has 0 aromatic rings. The summed E-state index contributed by atoms with van der Waals surface area (Å²) in [4.78, 5) is 10.9. The summed E-state index contributed by atoms with van der Waals surface area (Å²) < 4.78 is 5.57. The number of hydrogen-bond acceptors (Lipinski definition) is 3. The van der Waals surface area contributed by atoms with Crippen LogP contribution in [-0.4, -0.2) is 28.6 Å². The van der Waals surface area contributed by atoms with Crippen molar-refractivity contribution in [2.24, 2.45) is 0 Å². The highest BCUT2D eigenvalue weighted by atomic mass is 16.6. The third-order valence-corrected chi connectivity index (χ3v) is 1.97. The summed E-state index contributed by atoms with van der Waals surface area (Å²) in [6.07, 6.45) is -0.316. The Balaban J connectivity index is 2.98. The maximum Gasteiger partial charge on any atom is 0.400 e. The molecule has 4 nitrogen and oxygen atoms in total. The third kappa shape index (κ3) is 1.20. The van der Waals surface area contributed by atoms with Gasteiger partial charge in [-0.1, -0.05) is 0 Å². The molecular formula is C7H11NO3. The Morgan fingerprint density at radius 1 is 1.55 bits per heavy atom. The monoisotopic (exact) mass is 157 g/mol. The van der Waals surface area contributed by atoms with Crippen LogP contribution in [0.15, 0.2) is 0 Å². The smallest absolute Gasteiger partial charge is 0.400 e. The molecule has 0 fully saturated rings. The van der Waals surface area contributed by atoms with Gasteiger partial charge in [0.15, 0.2) is 12.1 Å². The van der Waals surface area contributed by atoms with Crippen molar-refractivity contribution in [3.05, 3.63) is 5.21 Å². The van der Waals surface area contributed by atoms with E-state index in [1.165, 1.54) is 6.92 Å². The third-order valence-electron chi connectivity index (χ3n) is 1.97. The van der Waals surface area contributed by atoms with Gasteiger partial charge in [-0.2, -0.15) is 4.74 Å². The van der Waals surface area contributed by atoms with Gasteiger partial charge in [0.1, 0.15) is 0 Å². The van der Waals surface area contributed by atoms with E-state index in [0.717, 1.165) is 0 Å². The van der Waals surface area contributed by atoms with Gasteiger partial charge >= 0.3 is 5.97 Å². The van der Waals surface area contributed by atoms with Crippen molar-refractivity contribution in [1.29, 1.82) is 0 Å². The average molecular weight is 157 g/mol. The van der Waals surface area contributed by atoms with E-state index >= 15 is 0 Å². The van der Waals surface area contributed by atoms with E-state index in [1.807, 2.05) is 0 Å². The first-order chi connectivity index (χ1) is 5.04. The van der Waals surface area contributed by atoms with Crippen molar-refractivity contribution in [2.75, 3.05) is 0 Å². The molecule has 0 aliphatic carbocycles. The topological polar surface area (TPSA) is 52.4 Å². The number of nitrogens with zero attached hydrogens (tertiary/aromatic N) is 1. The molecule has 62 valence electrons. The first kappa shape index (κ1) is 8.04. The predicted octanol–water partition coefficient (Wildman–Crippen LogP) is 0.291. The minimum atomic E-state index is -0.509. The predicted molar refractivity (Wildman–Crippen MR) is 39.3 cm³/mol. The van der Waals surface area contributed by atoms with E-state index in [9.17, 15) is 10.0 Å². The van der Waals surface area contributed by atoms with Crippen molar-refractivity contribution in [2.45, 2.75) is 32.9 Å². The van der Waals surface area contributed by atoms with Crippen LogP contribution in [0.4, 0.5) is 0 Å². The maximum atomic E-state index is 11.1. The summed E-state index contributed by atoms with van der Waals surface area (Å²) in [6.45, 7) is 4.91. The summed E-state index contributed by atoms with van der Waals surface area (Å²) in [5.41, 5.74) is 0.135. The molecule has 1 aliphatic rings. The van der Waals surface area contributed by atoms with Gasteiger partial charge in [-0.05, 0) is 6.92 Å². The highest BCUT2D eigenvalue weighted by Crippen LogP contribution is 2.09. The number of rotatable bonds is 0. The van der Waals surface area contributed by atoms with Crippen LogP contribution >= 0.6 is 0 Å². The normalized spacial score (nSPS) is 32.1. The lowest BCUT2D eigenvalue weighted by molar-refractivity contribution is -0.514. The molecule has 1 heterocycles. The minimum Gasteiger partial charge on any atom is -0.623 e. The Hall–Kier alpha value is -1.06. The zero-order chi connectivity index (χ0) is 8.59. The largest absolute Gasteiger partial charge is 0.623 e. The quantitative estimate of drug-likeness (QED) is 0.288. The van der Waals surface area contributed by atoms with Crippen LogP contribution in [0.1, 0.15) is 20.8 Å². The van der Waals surface area contributed by atoms with E-state index in [2.05, 4.69) is 0 Å². The molecule has 0 bridgehead atoms. The molecule has 0 N–H and O–H groups in total. The lowest BCUT2D eigenvalue weighted by atomic mass is 10.2. The second kappa shape index (κ2) is 2.53. The number of carbonyl (C=O) groups excluding carboxylic acids is 1. The molecule has 0 aromatic carbocycles. The van der Waals surface area contributed by atoms with Gasteiger partial charge in [-0.15, -0.1) is 0 Å². The molecule has 0 amide bonds. The highest BCUT2D eigenvalue weighted by molar-refractivity contribution is 6.33. The minimum absolute atomic E-state index is 0.135. The second-order valence-electron chi connectivity index (χ2n) is 2.76. The first-order valence-electron chi connectivity index (χ1n) is 3.55. The van der Waals surface area contributed by atoms with Crippen LogP contribution in [0.25, 0.3) is 0 Å². The number of ether oxygens (including phenoxy) is 1. The summed E-state index contributed by atoms with van der Waals surface area (Å²) in [5.74, 6) is -0.509. The molecule has 2 atom stereocenters. The fraction of sp³-hybridized carbons (Fsp3) is 0.714. The number of cyclic esters (lactones) is 1. The van der Waals surface area contributed by atoms with Crippen LogP contribution < -0.4 is 0 Å². The highest BCUT2D eigenvalue weighted by Gasteiger charge is 2.33. The van der Waals surface area contributed by atoms with E-state index in [0.29, 0.717) is 4.74 Å². The Morgan fingerprint density at radius 2 is 2.09 bits per heavy atom. The van der Waals surface area contributed by atoms with Crippen LogP contribution in [0.5, 0.6) is 0 Å². The molecule has 11 heavy (non-hydrogen) atoms. The van der Waals surface area contributed by atoms with Gasteiger partial charge in [0, 0.05) is 13.8 Å². The van der Waals surface area contributed by atoms with Crippen molar-refractivity contribution < 1.29 is 14.3 Å². The second-order valence-corrected chi connectivity index (χ2v) is 2.76. The van der Waals surface area contributed by atoms with E-state index in [1.54, 1.807) is 13.8 Å². The van der Waals surface area contributed by atoms with E-state index < -0.39 is 5.97 Å². The number of esters is 1. The van der Waals surface area contributed by atoms with Gasteiger partial charge in [-0.3, -0.25) is 0 Å². The Labute approximate surface area is 65.1 Å². The fourth-order valence-electron chi connectivity index (χ4n) is 0.939. The van der Waals surface area contributed by atoms with Gasteiger partial charge in [0.05, 0.1) is 0 Å². The molecular weight excluding hydrogens is 146 g/mol. The van der Waals surface area contributed by atoms with Crippen molar-refractivity contribution in [1.82, 2.24) is 0 Å². The van der Waals surface area contributed by atoms with Gasteiger partial charge < -0.3 is 9.94 Å². The molecule has 0 saturated carbocycles. The molecule has 0 aromatic heterocycles. The van der Waals surface area contributed by atoms with E-state index in [4.69, 9.17) is 4.74 Å². The summed E-state index contributed by atoms with van der Waals surface area (Å²) in [6, 6.07) is -0.271. The van der Waals surface area contributed by atoms with Crippen molar-refractivity contribution in [3.63, 3.8) is 0 Å². The average Bonchev–Trinajstić information content (AvgIpc) is 1.97. The van der Waals surface area contributed by atoms with Gasteiger partial charge in [0.2, 0.25) is 0 Å². The lowest BCUT2D eigenvalue weighted by Crippen LogP contribution is -2.44. The van der Waals surface area contributed by atoms with Gasteiger partial charge in [-0.25, -0.2) is 4.79 Å². The Morgan fingerprint density at radius 3 is 2.64 bits per heavy atom. The molecule has 1 aliphatic heterocycles. The molecule has 1 rings (SSSR count). The van der Waals surface area contributed by atoms with Gasteiger partial charge in [0.25, 0.3) is 5.71 Å². The van der Waals surface area contributed by atoms with Crippen molar-refractivity contribution >= 4 is 11.7 Å². The SMILES string of the molecule is CC1=[N+]([O-])[C@@H](C)[C@@H](C)OC1=O. The molecule has 0 radical (unpaired) electrons. The zero-order valence-corrected chi connectivity index (χ0v) is 6.83. The number of hydrogen-bond donors (Lipinski definition) is 0. The maximum absolute atomic E-state index is 11.1. The molecule has 0 unspecified atom stereocenters.